The molecule has 0 radical (unpaired) electrons. The van der Waals surface area contributed by atoms with E-state index in [9.17, 15) is 13.6 Å². The van der Waals surface area contributed by atoms with Crippen molar-refractivity contribution in [2.75, 3.05) is 11.9 Å². The molecule has 0 aliphatic rings. The summed E-state index contributed by atoms with van der Waals surface area (Å²) in [6.45, 7) is -0.989. The normalized spacial score (nSPS) is 10.5. The largest absolute Gasteiger partial charge is 0.471 e. The van der Waals surface area contributed by atoms with Gasteiger partial charge in [0.15, 0.2) is 6.61 Å². The van der Waals surface area contributed by atoms with E-state index in [0.29, 0.717) is 11.3 Å². The fourth-order valence-corrected chi connectivity index (χ4v) is 1.77. The zero-order valence-corrected chi connectivity index (χ0v) is 11.5. The number of ether oxygens (including phenoxy) is 1. The van der Waals surface area contributed by atoms with Crippen LogP contribution < -0.4 is 10.1 Å². The first kappa shape index (κ1) is 15.8. The van der Waals surface area contributed by atoms with Crippen molar-refractivity contribution in [3.63, 3.8) is 0 Å². The van der Waals surface area contributed by atoms with Crippen molar-refractivity contribution in [2.24, 2.45) is 0 Å². The predicted octanol–water partition coefficient (Wildman–Crippen LogP) is 2.47. The fourth-order valence-electron chi connectivity index (χ4n) is 1.77. The molecule has 1 amide bonds. The summed E-state index contributed by atoms with van der Waals surface area (Å²) in [5.74, 6) is -0.689. The number of anilines is 1. The maximum atomic E-state index is 12.2. The van der Waals surface area contributed by atoms with Crippen molar-refractivity contribution in [3.05, 3.63) is 53.7 Å². The van der Waals surface area contributed by atoms with Gasteiger partial charge in [0.25, 0.3) is 12.3 Å². The van der Waals surface area contributed by atoms with Gasteiger partial charge < -0.3 is 15.2 Å². The Morgan fingerprint density at radius 1 is 1.32 bits per heavy atom. The number of alkyl halides is 2. The molecule has 0 saturated heterocycles. The molecule has 22 heavy (non-hydrogen) atoms. The van der Waals surface area contributed by atoms with Crippen molar-refractivity contribution >= 4 is 11.6 Å². The second kappa shape index (κ2) is 7.46. The molecule has 2 rings (SSSR count). The minimum atomic E-state index is -2.65. The highest BCUT2D eigenvalue weighted by atomic mass is 19.3. The zero-order valence-electron chi connectivity index (χ0n) is 11.5. The molecule has 0 saturated carbocycles. The van der Waals surface area contributed by atoms with Crippen LogP contribution in [-0.2, 0) is 6.61 Å². The number of hydrogen-bond donors (Lipinski definition) is 2. The number of nitrogens with zero attached hydrogens (tertiary/aromatic N) is 1. The number of aromatic nitrogens is 1. The number of carbonyl (C=O) groups is 1. The second-order valence-corrected chi connectivity index (χ2v) is 4.37. The summed E-state index contributed by atoms with van der Waals surface area (Å²) in [6, 6.07) is 9.57. The quantitative estimate of drug-likeness (QED) is 0.860. The Balaban J connectivity index is 2.15. The van der Waals surface area contributed by atoms with Gasteiger partial charge in [-0.25, -0.2) is 13.8 Å². The van der Waals surface area contributed by atoms with Crippen LogP contribution in [-0.4, -0.2) is 29.0 Å². The maximum absolute atomic E-state index is 12.2. The van der Waals surface area contributed by atoms with Crippen molar-refractivity contribution < 1.29 is 23.4 Å². The van der Waals surface area contributed by atoms with E-state index >= 15 is 0 Å². The topological polar surface area (TPSA) is 71.5 Å². The smallest absolute Gasteiger partial charge is 0.272 e. The molecule has 1 aromatic heterocycles. The molecular weight excluding hydrogens is 294 g/mol. The number of aliphatic hydroxyl groups excluding tert-OH is 1. The molecule has 0 aliphatic carbocycles. The first-order chi connectivity index (χ1) is 10.6. The van der Waals surface area contributed by atoms with E-state index in [1.54, 1.807) is 24.3 Å². The molecule has 1 aromatic carbocycles. The third-order valence-corrected chi connectivity index (χ3v) is 2.73. The van der Waals surface area contributed by atoms with Crippen LogP contribution in [0.5, 0.6) is 5.88 Å². The highest BCUT2D eigenvalue weighted by Crippen LogP contribution is 2.18. The third-order valence-electron chi connectivity index (χ3n) is 2.73. The average Bonchev–Trinajstić information content (AvgIpc) is 2.53. The predicted molar refractivity (Wildman–Crippen MR) is 76.1 cm³/mol. The maximum Gasteiger partial charge on any atom is 0.272 e. The van der Waals surface area contributed by atoms with Gasteiger partial charge in [-0.3, -0.25) is 4.79 Å². The summed E-state index contributed by atoms with van der Waals surface area (Å²) in [7, 11) is 0. The Labute approximate surface area is 125 Å². The Hall–Kier alpha value is -2.54. The van der Waals surface area contributed by atoms with Gasteiger partial charge in [0.05, 0.1) is 6.61 Å². The van der Waals surface area contributed by atoms with Crippen LogP contribution in [0, 0.1) is 0 Å². The van der Waals surface area contributed by atoms with E-state index < -0.39 is 18.9 Å². The summed E-state index contributed by atoms with van der Waals surface area (Å²) in [5, 5.41) is 11.7. The van der Waals surface area contributed by atoms with Crippen LogP contribution in [0.1, 0.15) is 15.9 Å². The van der Waals surface area contributed by atoms with Gasteiger partial charge in [0.2, 0.25) is 5.88 Å². The minimum absolute atomic E-state index is 0.0533. The Bertz CT molecular complexity index is 650. The van der Waals surface area contributed by atoms with E-state index in [2.05, 4.69) is 10.3 Å². The first-order valence-electron chi connectivity index (χ1n) is 6.47. The van der Waals surface area contributed by atoms with Crippen LogP contribution in [0.3, 0.4) is 0 Å². The molecule has 0 aliphatic heterocycles. The van der Waals surface area contributed by atoms with Gasteiger partial charge in [-0.15, -0.1) is 0 Å². The lowest BCUT2D eigenvalue weighted by Crippen LogP contribution is -2.16. The highest BCUT2D eigenvalue weighted by Gasteiger charge is 2.15. The molecule has 1 heterocycles. The lowest BCUT2D eigenvalue weighted by Gasteiger charge is -2.10. The summed E-state index contributed by atoms with van der Waals surface area (Å²) >= 11 is 0. The molecule has 0 atom stereocenters. The van der Waals surface area contributed by atoms with E-state index in [1.807, 2.05) is 0 Å². The van der Waals surface area contributed by atoms with Gasteiger partial charge in [-0.05, 0) is 29.8 Å². The van der Waals surface area contributed by atoms with Crippen molar-refractivity contribution in [1.82, 2.24) is 4.98 Å². The summed E-state index contributed by atoms with van der Waals surface area (Å²) in [4.78, 5) is 16.0. The summed E-state index contributed by atoms with van der Waals surface area (Å²) < 4.78 is 29.3. The van der Waals surface area contributed by atoms with Gasteiger partial charge in [-0.1, -0.05) is 12.1 Å². The lowest BCUT2D eigenvalue weighted by atomic mass is 10.2. The molecule has 116 valence electrons. The standard InChI is InChI=1S/C15H14F2N2O3/c16-13(17)9-22-15-12(5-2-6-18-15)14(21)19-11-4-1-3-10(7-11)8-20/h1-7,13,20H,8-9H2,(H,19,21). The van der Waals surface area contributed by atoms with Crippen LogP contribution in [0.25, 0.3) is 0 Å². The average molecular weight is 308 g/mol. The number of halogens is 2. The van der Waals surface area contributed by atoms with E-state index in [1.165, 1.54) is 18.3 Å². The molecule has 2 N–H and O–H groups in total. The number of benzene rings is 1. The molecule has 2 aromatic rings. The molecule has 5 nitrogen and oxygen atoms in total. The van der Waals surface area contributed by atoms with Gasteiger partial charge in [-0.2, -0.15) is 0 Å². The van der Waals surface area contributed by atoms with E-state index in [-0.39, 0.29) is 18.1 Å². The molecule has 0 fully saturated rings. The number of aliphatic hydroxyl groups is 1. The second-order valence-electron chi connectivity index (χ2n) is 4.37. The Morgan fingerprint density at radius 3 is 2.86 bits per heavy atom. The molecule has 0 spiro atoms. The van der Waals surface area contributed by atoms with Crippen molar-refractivity contribution in [2.45, 2.75) is 13.0 Å². The van der Waals surface area contributed by atoms with Crippen LogP contribution in [0.2, 0.25) is 0 Å². The van der Waals surface area contributed by atoms with Crippen LogP contribution in [0.4, 0.5) is 14.5 Å². The number of pyridine rings is 1. The molecule has 0 bridgehead atoms. The lowest BCUT2D eigenvalue weighted by molar-refractivity contribution is 0.0780. The van der Waals surface area contributed by atoms with Crippen molar-refractivity contribution in [3.8, 4) is 5.88 Å². The van der Waals surface area contributed by atoms with Gasteiger partial charge in [0.1, 0.15) is 5.56 Å². The first-order valence-corrected chi connectivity index (χ1v) is 6.47. The van der Waals surface area contributed by atoms with Crippen LogP contribution in [0.15, 0.2) is 42.6 Å². The highest BCUT2D eigenvalue weighted by molar-refractivity contribution is 6.05. The van der Waals surface area contributed by atoms with Crippen molar-refractivity contribution in [1.29, 1.82) is 0 Å². The number of hydrogen-bond acceptors (Lipinski definition) is 4. The van der Waals surface area contributed by atoms with E-state index in [0.717, 1.165) is 0 Å². The van der Waals surface area contributed by atoms with Gasteiger partial charge >= 0.3 is 0 Å². The van der Waals surface area contributed by atoms with Crippen LogP contribution >= 0.6 is 0 Å². The minimum Gasteiger partial charge on any atom is -0.471 e. The molecule has 0 unspecified atom stereocenters. The Kier molecular flexibility index (Phi) is 5.37. The monoisotopic (exact) mass is 308 g/mol. The summed E-state index contributed by atoms with van der Waals surface area (Å²) in [5.41, 5.74) is 1.16. The van der Waals surface area contributed by atoms with E-state index in [4.69, 9.17) is 9.84 Å². The molecule has 7 heteroatoms. The Morgan fingerprint density at radius 2 is 2.14 bits per heavy atom. The molecular formula is C15H14F2N2O3. The zero-order chi connectivity index (χ0) is 15.9. The van der Waals surface area contributed by atoms with Gasteiger partial charge in [0, 0.05) is 11.9 Å². The summed E-state index contributed by atoms with van der Waals surface area (Å²) in [6.07, 6.45) is -1.30. The number of nitrogens with one attached hydrogen (secondary N) is 1. The SMILES string of the molecule is O=C(Nc1cccc(CO)c1)c1cccnc1OCC(F)F. The number of carbonyl (C=O) groups excluding carboxylic acids is 1. The number of rotatable bonds is 6. The number of amides is 1. The third kappa shape index (κ3) is 4.23. The fraction of sp³-hybridized carbons (Fsp3) is 0.200.